The van der Waals surface area contributed by atoms with E-state index < -0.39 is 11.8 Å². The van der Waals surface area contributed by atoms with Gasteiger partial charge in [-0.1, -0.05) is 154 Å². The van der Waals surface area contributed by atoms with Gasteiger partial charge in [0.05, 0.1) is 13.2 Å². The first-order valence-electron chi connectivity index (χ1n) is 24.8. The van der Waals surface area contributed by atoms with Crippen LogP contribution >= 0.6 is 0 Å². The van der Waals surface area contributed by atoms with Gasteiger partial charge in [0.1, 0.15) is 6.04 Å². The van der Waals surface area contributed by atoms with Crippen LogP contribution in [0.1, 0.15) is 227 Å². The van der Waals surface area contributed by atoms with Crippen LogP contribution < -0.4 is 21.3 Å². The van der Waals surface area contributed by atoms with Gasteiger partial charge in [0.25, 0.3) is 0 Å². The minimum absolute atomic E-state index is 0.0346. The quantitative estimate of drug-likeness (QED) is 0.0274. The van der Waals surface area contributed by atoms with Crippen molar-refractivity contribution in [3.05, 3.63) is 24.3 Å². The van der Waals surface area contributed by atoms with E-state index in [-0.39, 0.29) is 43.3 Å². The Hall–Kier alpha value is -2.72. The number of allylic oxidation sites excluding steroid dienone is 4. The maximum atomic E-state index is 13.2. The monoisotopic (exact) mass is 847 g/mol. The fraction of sp³-hybridized carbons (Fsp3) is 0.840. The Morgan fingerprint density at radius 2 is 0.850 bits per heavy atom. The van der Waals surface area contributed by atoms with Gasteiger partial charge in [-0.15, -0.1) is 0 Å². The second-order valence-electron chi connectivity index (χ2n) is 17.0. The average Bonchev–Trinajstić information content (AvgIpc) is 3.23. The third kappa shape index (κ3) is 40.7. The molecule has 0 fully saturated rings. The van der Waals surface area contributed by atoms with Crippen LogP contribution in [0.15, 0.2) is 24.3 Å². The summed E-state index contributed by atoms with van der Waals surface area (Å²) in [7, 11) is 0. The van der Waals surface area contributed by atoms with Crippen molar-refractivity contribution in [3.8, 4) is 0 Å². The molecule has 350 valence electrons. The third-order valence-electron chi connectivity index (χ3n) is 10.8. The van der Waals surface area contributed by atoms with E-state index in [0.717, 1.165) is 64.2 Å². The first kappa shape index (κ1) is 57.3. The number of ether oxygens (including phenoxy) is 2. The summed E-state index contributed by atoms with van der Waals surface area (Å²) in [5.41, 5.74) is 0. The van der Waals surface area contributed by atoms with E-state index in [1.807, 2.05) is 0 Å². The molecule has 0 bridgehead atoms. The zero-order valence-electron chi connectivity index (χ0n) is 39.6. The lowest BCUT2D eigenvalue weighted by molar-refractivity contribution is -0.211. The van der Waals surface area contributed by atoms with Crippen molar-refractivity contribution >= 4 is 23.6 Å². The minimum atomic E-state index is -0.906. The molecule has 0 aliphatic heterocycles. The molecule has 0 saturated heterocycles. The topological polar surface area (TPSA) is 135 Å². The first-order valence-corrected chi connectivity index (χ1v) is 24.8. The number of hydrogen-bond acceptors (Lipinski definition) is 6. The van der Waals surface area contributed by atoms with E-state index in [2.05, 4.69) is 59.4 Å². The van der Waals surface area contributed by atoms with Crippen LogP contribution in [0.4, 0.5) is 0 Å². The standard InChI is InChI=1S/C50H94N4O6/c1-6-9-11-13-15-17-19-21-23-25-27-29-31-33-35-37-39-48(57)54-45(49(58)52-41-43-60-50(4,5)59-42-40-51-46(55)8-3)44-53-47(56)38-36-34-32-30-28-26-24-22-20-18-16-14-12-10-7-2/h22-25,45H,6-21,26-44H2,1-5H3,(H,51,55)(H,52,58)(H,53,56)(H,54,57). The molecule has 10 heteroatoms. The molecule has 4 amide bonds. The summed E-state index contributed by atoms with van der Waals surface area (Å²) in [6.07, 6.45) is 43.0. The average molecular weight is 847 g/mol. The number of rotatable bonds is 44. The Morgan fingerprint density at radius 3 is 1.28 bits per heavy atom. The van der Waals surface area contributed by atoms with Crippen molar-refractivity contribution in [3.63, 3.8) is 0 Å². The van der Waals surface area contributed by atoms with Crippen molar-refractivity contribution in [2.24, 2.45) is 0 Å². The number of carbonyl (C=O) groups is 4. The van der Waals surface area contributed by atoms with Crippen LogP contribution in [-0.4, -0.2) is 68.3 Å². The van der Waals surface area contributed by atoms with Crippen molar-refractivity contribution in [1.82, 2.24) is 21.3 Å². The van der Waals surface area contributed by atoms with E-state index in [4.69, 9.17) is 9.47 Å². The van der Waals surface area contributed by atoms with Crippen LogP contribution in [0.5, 0.6) is 0 Å². The number of carbonyl (C=O) groups excluding carboxylic acids is 4. The highest BCUT2D eigenvalue weighted by Gasteiger charge is 2.23. The van der Waals surface area contributed by atoms with Crippen molar-refractivity contribution < 1.29 is 28.7 Å². The summed E-state index contributed by atoms with van der Waals surface area (Å²) in [4.78, 5) is 50.4. The van der Waals surface area contributed by atoms with Crippen LogP contribution in [0.25, 0.3) is 0 Å². The Labute approximate surface area is 368 Å². The van der Waals surface area contributed by atoms with Crippen molar-refractivity contribution in [1.29, 1.82) is 0 Å². The molecule has 1 atom stereocenters. The number of hydrogen-bond donors (Lipinski definition) is 4. The van der Waals surface area contributed by atoms with E-state index in [0.29, 0.717) is 32.4 Å². The van der Waals surface area contributed by atoms with E-state index >= 15 is 0 Å². The van der Waals surface area contributed by atoms with Crippen molar-refractivity contribution in [2.75, 3.05) is 32.8 Å². The highest BCUT2D eigenvalue weighted by atomic mass is 16.7. The molecule has 4 N–H and O–H groups in total. The predicted octanol–water partition coefficient (Wildman–Crippen LogP) is 11.5. The molecule has 0 rings (SSSR count). The fourth-order valence-electron chi connectivity index (χ4n) is 6.92. The SMILES string of the molecule is CCCCCCCCC=CCCCCCCCC(=O)NCC(NC(=O)CCCCCCCC=CCCCCCCCCC)C(=O)NCCOC(C)(C)OCCNC(=O)CC. The third-order valence-corrected chi connectivity index (χ3v) is 10.8. The number of nitrogens with one attached hydrogen (secondary N) is 4. The second-order valence-corrected chi connectivity index (χ2v) is 17.0. The summed E-state index contributed by atoms with van der Waals surface area (Å²) in [5.74, 6) is -1.60. The predicted molar refractivity (Wildman–Crippen MR) is 251 cm³/mol. The summed E-state index contributed by atoms with van der Waals surface area (Å²) in [6.45, 7) is 11.0. The Bertz CT molecular complexity index is 1090. The molecule has 0 saturated carbocycles. The van der Waals surface area contributed by atoms with Crippen LogP contribution in [0.3, 0.4) is 0 Å². The molecule has 0 aliphatic carbocycles. The lowest BCUT2D eigenvalue weighted by atomic mass is 10.1. The Morgan fingerprint density at radius 1 is 0.467 bits per heavy atom. The zero-order chi connectivity index (χ0) is 44.2. The molecule has 10 nitrogen and oxygen atoms in total. The lowest BCUT2D eigenvalue weighted by Gasteiger charge is -2.26. The Kier molecular flexibility index (Phi) is 41.0. The smallest absolute Gasteiger partial charge is 0.244 e. The highest BCUT2D eigenvalue weighted by Crippen LogP contribution is 2.13. The van der Waals surface area contributed by atoms with Gasteiger partial charge >= 0.3 is 0 Å². The van der Waals surface area contributed by atoms with Gasteiger partial charge in [0.2, 0.25) is 23.6 Å². The van der Waals surface area contributed by atoms with E-state index in [1.165, 1.54) is 109 Å². The molecule has 0 aromatic carbocycles. The molecule has 0 radical (unpaired) electrons. The van der Waals surface area contributed by atoms with Crippen LogP contribution in [0.2, 0.25) is 0 Å². The molecule has 0 heterocycles. The van der Waals surface area contributed by atoms with Crippen molar-refractivity contribution in [2.45, 2.75) is 239 Å². The second kappa shape index (κ2) is 42.9. The Balaban J connectivity index is 4.54. The van der Waals surface area contributed by atoms with Gasteiger partial charge in [-0.2, -0.15) is 0 Å². The fourth-order valence-corrected chi connectivity index (χ4v) is 6.92. The van der Waals surface area contributed by atoms with E-state index in [1.54, 1.807) is 20.8 Å². The molecule has 0 aliphatic rings. The first-order chi connectivity index (χ1) is 29.1. The molecule has 60 heavy (non-hydrogen) atoms. The maximum absolute atomic E-state index is 13.2. The number of amides is 4. The van der Waals surface area contributed by atoms with Gasteiger partial charge in [0.15, 0.2) is 5.79 Å². The largest absolute Gasteiger partial charge is 0.354 e. The molecule has 0 spiro atoms. The minimum Gasteiger partial charge on any atom is -0.354 e. The lowest BCUT2D eigenvalue weighted by Crippen LogP contribution is -2.53. The summed E-state index contributed by atoms with van der Waals surface area (Å²) in [5, 5.41) is 11.4. The summed E-state index contributed by atoms with van der Waals surface area (Å²) >= 11 is 0. The van der Waals surface area contributed by atoms with Gasteiger partial charge in [0, 0.05) is 38.9 Å². The normalized spacial score (nSPS) is 12.3. The van der Waals surface area contributed by atoms with Gasteiger partial charge in [-0.05, 0) is 78.1 Å². The molecular formula is C50H94N4O6. The summed E-state index contributed by atoms with van der Waals surface area (Å²) < 4.78 is 11.6. The van der Waals surface area contributed by atoms with Gasteiger partial charge in [-0.3, -0.25) is 19.2 Å². The molecular weight excluding hydrogens is 753 g/mol. The molecule has 1 unspecified atom stereocenters. The molecule has 0 aromatic heterocycles. The maximum Gasteiger partial charge on any atom is 0.244 e. The van der Waals surface area contributed by atoms with Gasteiger partial charge < -0.3 is 30.7 Å². The summed E-state index contributed by atoms with van der Waals surface area (Å²) in [6, 6.07) is -0.880. The van der Waals surface area contributed by atoms with Crippen LogP contribution in [-0.2, 0) is 28.7 Å². The van der Waals surface area contributed by atoms with E-state index in [9.17, 15) is 19.2 Å². The van der Waals surface area contributed by atoms with Gasteiger partial charge in [-0.25, -0.2) is 0 Å². The number of unbranched alkanes of at least 4 members (excludes halogenated alkanes) is 23. The zero-order valence-corrected chi connectivity index (χ0v) is 39.6. The highest BCUT2D eigenvalue weighted by molar-refractivity contribution is 5.88. The molecule has 0 aromatic rings. The van der Waals surface area contributed by atoms with Crippen LogP contribution in [0, 0.1) is 0 Å².